The minimum atomic E-state index is 0.552. The first kappa shape index (κ1) is 7.17. The third kappa shape index (κ3) is 1.16. The van der Waals surface area contributed by atoms with Gasteiger partial charge >= 0.3 is 0 Å². The second-order valence-electron chi connectivity index (χ2n) is 3.69. The van der Waals surface area contributed by atoms with Gasteiger partial charge in [0, 0.05) is 24.3 Å². The Bertz CT molecular complexity index is 196. The lowest BCUT2D eigenvalue weighted by Gasteiger charge is -2.28. The van der Waals surface area contributed by atoms with Crippen molar-refractivity contribution in [3.8, 4) is 0 Å². The average Bonchev–Trinajstić information content (AvgIpc) is 2.34. The average molecular weight is 152 g/mol. The first-order valence-corrected chi connectivity index (χ1v) is 4.49. The lowest BCUT2D eigenvalue weighted by Crippen LogP contribution is -2.42. The van der Waals surface area contributed by atoms with Crippen LogP contribution >= 0.6 is 0 Å². The summed E-state index contributed by atoms with van der Waals surface area (Å²) in [6.45, 7) is 5.66. The molecule has 0 spiro atoms. The highest BCUT2D eigenvalue weighted by Crippen LogP contribution is 2.25. The van der Waals surface area contributed by atoms with Crippen LogP contribution in [0.3, 0.4) is 0 Å². The van der Waals surface area contributed by atoms with Crippen LogP contribution < -0.4 is 10.6 Å². The number of hydrogen-bond acceptors (Lipinski definition) is 2. The quantitative estimate of drug-likeness (QED) is 0.541. The Kier molecular flexibility index (Phi) is 1.64. The molecule has 2 aliphatic heterocycles. The first-order valence-electron chi connectivity index (χ1n) is 4.49. The summed E-state index contributed by atoms with van der Waals surface area (Å²) in [5, 5.41) is 6.98. The number of rotatable bonds is 0. The Balaban J connectivity index is 2.21. The molecule has 62 valence electrons. The van der Waals surface area contributed by atoms with Crippen molar-refractivity contribution in [2.45, 2.75) is 38.8 Å². The molecule has 2 atom stereocenters. The van der Waals surface area contributed by atoms with Gasteiger partial charge in [-0.25, -0.2) is 0 Å². The van der Waals surface area contributed by atoms with Gasteiger partial charge in [-0.05, 0) is 32.3 Å². The van der Waals surface area contributed by atoms with Crippen LogP contribution in [0, 0.1) is 0 Å². The van der Waals surface area contributed by atoms with Gasteiger partial charge in [0.05, 0.1) is 0 Å². The summed E-state index contributed by atoms with van der Waals surface area (Å²) in [5.41, 5.74) is 3.13. The van der Waals surface area contributed by atoms with Gasteiger partial charge in [0.15, 0.2) is 0 Å². The summed E-state index contributed by atoms with van der Waals surface area (Å²) >= 11 is 0. The Morgan fingerprint density at radius 3 is 3.00 bits per heavy atom. The van der Waals surface area contributed by atoms with Crippen LogP contribution in [0.5, 0.6) is 0 Å². The molecule has 0 aromatic carbocycles. The normalized spacial score (nSPS) is 36.9. The van der Waals surface area contributed by atoms with Crippen molar-refractivity contribution in [1.29, 1.82) is 0 Å². The van der Waals surface area contributed by atoms with E-state index in [9.17, 15) is 0 Å². The van der Waals surface area contributed by atoms with E-state index in [2.05, 4.69) is 24.5 Å². The van der Waals surface area contributed by atoms with E-state index in [-0.39, 0.29) is 0 Å². The van der Waals surface area contributed by atoms with Crippen LogP contribution in [0.2, 0.25) is 0 Å². The number of hydrogen-bond donors (Lipinski definition) is 2. The molecule has 0 aliphatic carbocycles. The maximum absolute atomic E-state index is 3.53. The highest BCUT2D eigenvalue weighted by atomic mass is 15.0. The predicted molar refractivity (Wildman–Crippen MR) is 46.3 cm³/mol. The van der Waals surface area contributed by atoms with Crippen molar-refractivity contribution in [3.05, 3.63) is 11.3 Å². The minimum absolute atomic E-state index is 0.552. The van der Waals surface area contributed by atoms with Crippen LogP contribution in [-0.4, -0.2) is 18.6 Å². The fourth-order valence-corrected chi connectivity index (χ4v) is 2.22. The summed E-state index contributed by atoms with van der Waals surface area (Å²) in [7, 11) is 0. The van der Waals surface area contributed by atoms with Crippen molar-refractivity contribution in [2.24, 2.45) is 0 Å². The van der Waals surface area contributed by atoms with E-state index >= 15 is 0 Å². The molecular weight excluding hydrogens is 136 g/mol. The molecule has 2 heteroatoms. The molecule has 0 saturated carbocycles. The van der Waals surface area contributed by atoms with E-state index in [1.54, 1.807) is 5.57 Å². The Hall–Kier alpha value is -0.500. The summed E-state index contributed by atoms with van der Waals surface area (Å²) < 4.78 is 0. The molecule has 0 radical (unpaired) electrons. The Morgan fingerprint density at radius 2 is 2.18 bits per heavy atom. The van der Waals surface area contributed by atoms with Crippen LogP contribution in [-0.2, 0) is 0 Å². The second-order valence-corrected chi connectivity index (χ2v) is 3.69. The molecule has 2 aliphatic rings. The standard InChI is InChI=1S/C9H16N2/c1-6-5-8-3-4-10-9(8)7(2)11-6/h6-7,10-11H,3-5H2,1-2H3. The molecule has 2 N–H and O–H groups in total. The third-order valence-electron chi connectivity index (χ3n) is 2.64. The van der Waals surface area contributed by atoms with Gasteiger partial charge < -0.3 is 10.6 Å². The monoisotopic (exact) mass is 152 g/mol. The van der Waals surface area contributed by atoms with Crippen molar-refractivity contribution < 1.29 is 0 Å². The van der Waals surface area contributed by atoms with E-state index in [1.807, 2.05) is 0 Å². The first-order chi connectivity index (χ1) is 5.27. The second kappa shape index (κ2) is 2.52. The van der Waals surface area contributed by atoms with Crippen molar-refractivity contribution in [2.75, 3.05) is 6.54 Å². The largest absolute Gasteiger partial charge is 0.387 e. The van der Waals surface area contributed by atoms with Gasteiger partial charge in [-0.15, -0.1) is 0 Å². The molecule has 0 aromatic rings. The fourth-order valence-electron chi connectivity index (χ4n) is 2.22. The van der Waals surface area contributed by atoms with E-state index in [1.165, 1.54) is 18.5 Å². The molecule has 2 rings (SSSR count). The molecule has 2 heterocycles. The maximum Gasteiger partial charge on any atom is 0.0442 e. The fraction of sp³-hybridized carbons (Fsp3) is 0.778. The van der Waals surface area contributed by atoms with Gasteiger partial charge in [-0.2, -0.15) is 0 Å². The van der Waals surface area contributed by atoms with E-state index in [0.29, 0.717) is 12.1 Å². The molecule has 0 amide bonds. The zero-order valence-corrected chi connectivity index (χ0v) is 7.28. The predicted octanol–water partition coefficient (Wildman–Crippen LogP) is 1.00. The SMILES string of the molecule is CC1CC2=C(NCC2)C(C)N1. The molecule has 11 heavy (non-hydrogen) atoms. The lowest BCUT2D eigenvalue weighted by molar-refractivity contribution is 0.460. The zero-order chi connectivity index (χ0) is 7.84. The molecular formula is C9H16N2. The Labute approximate surface area is 68.1 Å². The third-order valence-corrected chi connectivity index (χ3v) is 2.64. The van der Waals surface area contributed by atoms with Crippen molar-refractivity contribution in [1.82, 2.24) is 10.6 Å². The molecule has 0 saturated heterocycles. The van der Waals surface area contributed by atoms with Gasteiger partial charge in [0.1, 0.15) is 0 Å². The molecule has 2 nitrogen and oxygen atoms in total. The number of nitrogens with one attached hydrogen (secondary N) is 2. The van der Waals surface area contributed by atoms with E-state index < -0.39 is 0 Å². The topological polar surface area (TPSA) is 24.1 Å². The van der Waals surface area contributed by atoms with E-state index in [0.717, 1.165) is 6.54 Å². The summed E-state index contributed by atoms with van der Waals surface area (Å²) in [6, 6.07) is 1.22. The summed E-state index contributed by atoms with van der Waals surface area (Å²) in [4.78, 5) is 0. The van der Waals surface area contributed by atoms with Gasteiger partial charge in [0.25, 0.3) is 0 Å². The molecule has 0 fully saturated rings. The van der Waals surface area contributed by atoms with E-state index in [4.69, 9.17) is 0 Å². The molecule has 0 bridgehead atoms. The maximum atomic E-state index is 3.53. The molecule has 2 unspecified atom stereocenters. The van der Waals surface area contributed by atoms with Crippen molar-refractivity contribution >= 4 is 0 Å². The highest BCUT2D eigenvalue weighted by molar-refractivity contribution is 5.26. The van der Waals surface area contributed by atoms with Gasteiger partial charge in [-0.3, -0.25) is 0 Å². The van der Waals surface area contributed by atoms with Crippen molar-refractivity contribution in [3.63, 3.8) is 0 Å². The minimum Gasteiger partial charge on any atom is -0.387 e. The summed E-state index contributed by atoms with van der Waals surface area (Å²) in [5.74, 6) is 0. The van der Waals surface area contributed by atoms with Crippen LogP contribution in [0.15, 0.2) is 11.3 Å². The molecule has 0 aromatic heterocycles. The van der Waals surface area contributed by atoms with Gasteiger partial charge in [0.2, 0.25) is 0 Å². The van der Waals surface area contributed by atoms with Crippen LogP contribution in [0.25, 0.3) is 0 Å². The Morgan fingerprint density at radius 1 is 1.36 bits per heavy atom. The lowest BCUT2D eigenvalue weighted by atomic mass is 9.97. The van der Waals surface area contributed by atoms with Crippen LogP contribution in [0.1, 0.15) is 26.7 Å². The smallest absolute Gasteiger partial charge is 0.0442 e. The summed E-state index contributed by atoms with van der Waals surface area (Å²) in [6.07, 6.45) is 2.51. The van der Waals surface area contributed by atoms with Crippen LogP contribution in [0.4, 0.5) is 0 Å². The zero-order valence-electron chi connectivity index (χ0n) is 7.28. The highest BCUT2D eigenvalue weighted by Gasteiger charge is 2.25. The van der Waals surface area contributed by atoms with Gasteiger partial charge in [-0.1, -0.05) is 0 Å².